The molecular formula is C21H26F3N3O3. The van der Waals surface area contributed by atoms with Gasteiger partial charge in [0.2, 0.25) is 11.8 Å². The quantitative estimate of drug-likeness (QED) is 0.745. The van der Waals surface area contributed by atoms with Crippen LogP contribution in [0.1, 0.15) is 44.7 Å². The Hall–Kier alpha value is -2.58. The molecule has 0 bridgehead atoms. The van der Waals surface area contributed by atoms with E-state index in [0.29, 0.717) is 24.9 Å². The Morgan fingerprint density at radius 3 is 2.33 bits per heavy atom. The predicted octanol–water partition coefficient (Wildman–Crippen LogP) is 2.67. The number of amides is 3. The molecule has 3 amide bonds. The van der Waals surface area contributed by atoms with Crippen molar-refractivity contribution in [1.82, 2.24) is 14.7 Å². The van der Waals surface area contributed by atoms with Gasteiger partial charge in [0.05, 0.1) is 12.1 Å². The smallest absolute Gasteiger partial charge is 0.340 e. The van der Waals surface area contributed by atoms with Gasteiger partial charge in [-0.2, -0.15) is 13.2 Å². The second-order valence-corrected chi connectivity index (χ2v) is 8.15. The molecule has 0 saturated carbocycles. The Morgan fingerprint density at radius 1 is 1.17 bits per heavy atom. The van der Waals surface area contributed by atoms with Crippen LogP contribution in [0, 0.1) is 0 Å². The summed E-state index contributed by atoms with van der Waals surface area (Å²) in [6, 6.07) is 4.42. The lowest BCUT2D eigenvalue weighted by molar-refractivity contribution is -0.167. The summed E-state index contributed by atoms with van der Waals surface area (Å²) < 4.78 is 38.6. The molecule has 0 radical (unpaired) electrons. The van der Waals surface area contributed by atoms with Crippen LogP contribution >= 0.6 is 0 Å². The van der Waals surface area contributed by atoms with Crippen molar-refractivity contribution in [2.24, 2.45) is 0 Å². The third kappa shape index (κ3) is 3.89. The number of likely N-dealkylation sites (tertiary alicyclic amines) is 1. The number of carbonyl (C=O) groups excluding carboxylic acids is 3. The summed E-state index contributed by atoms with van der Waals surface area (Å²) in [7, 11) is 0. The number of carbonyl (C=O) groups is 3. The second kappa shape index (κ2) is 7.92. The number of halogens is 3. The average Bonchev–Trinajstić information content (AvgIpc) is 3.13. The summed E-state index contributed by atoms with van der Waals surface area (Å²) in [6.07, 6.45) is -3.83. The van der Waals surface area contributed by atoms with Crippen LogP contribution < -0.4 is 0 Å². The molecule has 1 spiro atoms. The van der Waals surface area contributed by atoms with Gasteiger partial charge in [0, 0.05) is 25.6 Å². The lowest BCUT2D eigenvalue weighted by Gasteiger charge is -2.48. The normalized spacial score (nSPS) is 22.6. The standard InChI is InChI=1S/C21H26F3N3O3/c1-4-17(28)25-10-9-20(13-25)19(30)26(14(2)3)12-18(29)27(20)11-15-5-7-16(8-6-15)21(22,23)24/h5-8,14H,4,9-13H2,1-3H3. The number of nitrogens with zero attached hydrogens (tertiary/aromatic N) is 3. The van der Waals surface area contributed by atoms with Crippen LogP contribution in [0.5, 0.6) is 0 Å². The number of benzene rings is 1. The molecule has 0 aliphatic carbocycles. The Balaban J connectivity index is 1.93. The third-order valence-corrected chi connectivity index (χ3v) is 5.93. The van der Waals surface area contributed by atoms with Crippen molar-refractivity contribution in [3.63, 3.8) is 0 Å². The maximum absolute atomic E-state index is 13.4. The van der Waals surface area contributed by atoms with E-state index in [9.17, 15) is 27.6 Å². The summed E-state index contributed by atoms with van der Waals surface area (Å²) in [4.78, 5) is 43.3. The first-order chi connectivity index (χ1) is 14.0. The molecule has 6 nitrogen and oxygen atoms in total. The van der Waals surface area contributed by atoms with E-state index in [1.54, 1.807) is 11.8 Å². The second-order valence-electron chi connectivity index (χ2n) is 8.15. The molecule has 2 heterocycles. The fraction of sp³-hybridized carbons (Fsp3) is 0.571. The lowest BCUT2D eigenvalue weighted by atomic mass is 9.89. The Labute approximate surface area is 173 Å². The van der Waals surface area contributed by atoms with Gasteiger partial charge >= 0.3 is 6.18 Å². The van der Waals surface area contributed by atoms with Crippen molar-refractivity contribution < 1.29 is 27.6 Å². The molecule has 1 unspecified atom stereocenters. The molecule has 164 valence electrons. The lowest BCUT2D eigenvalue weighted by Crippen LogP contribution is -2.69. The highest BCUT2D eigenvalue weighted by molar-refractivity contribution is 5.99. The van der Waals surface area contributed by atoms with Gasteiger partial charge in [0.25, 0.3) is 5.91 Å². The summed E-state index contributed by atoms with van der Waals surface area (Å²) in [6.45, 7) is 5.79. The Kier molecular flexibility index (Phi) is 5.84. The van der Waals surface area contributed by atoms with E-state index in [1.807, 2.05) is 13.8 Å². The molecule has 1 aromatic carbocycles. The highest BCUT2D eigenvalue weighted by atomic mass is 19.4. The monoisotopic (exact) mass is 425 g/mol. The van der Waals surface area contributed by atoms with Gasteiger partial charge in [0.15, 0.2) is 0 Å². The number of hydrogen-bond donors (Lipinski definition) is 0. The van der Waals surface area contributed by atoms with E-state index in [4.69, 9.17) is 0 Å². The Morgan fingerprint density at radius 2 is 1.80 bits per heavy atom. The molecule has 2 aliphatic heterocycles. The van der Waals surface area contributed by atoms with Crippen molar-refractivity contribution in [3.05, 3.63) is 35.4 Å². The minimum absolute atomic E-state index is 0.0167. The van der Waals surface area contributed by atoms with E-state index in [1.165, 1.54) is 21.9 Å². The molecular weight excluding hydrogens is 399 g/mol. The van der Waals surface area contributed by atoms with Crippen LogP contribution in [0.3, 0.4) is 0 Å². The Bertz CT molecular complexity index is 838. The van der Waals surface area contributed by atoms with Crippen LogP contribution in [0.4, 0.5) is 13.2 Å². The summed E-state index contributed by atoms with van der Waals surface area (Å²) >= 11 is 0. The van der Waals surface area contributed by atoms with E-state index in [2.05, 4.69) is 0 Å². The van der Waals surface area contributed by atoms with Gasteiger partial charge in [-0.3, -0.25) is 14.4 Å². The van der Waals surface area contributed by atoms with Gasteiger partial charge in [-0.1, -0.05) is 19.1 Å². The topological polar surface area (TPSA) is 60.9 Å². The van der Waals surface area contributed by atoms with Crippen LogP contribution in [0.25, 0.3) is 0 Å². The van der Waals surface area contributed by atoms with Crippen molar-refractivity contribution in [2.45, 2.75) is 57.9 Å². The minimum atomic E-state index is -4.44. The van der Waals surface area contributed by atoms with Gasteiger partial charge in [-0.25, -0.2) is 0 Å². The highest BCUT2D eigenvalue weighted by Crippen LogP contribution is 2.36. The molecule has 3 rings (SSSR count). The van der Waals surface area contributed by atoms with E-state index < -0.39 is 17.3 Å². The first-order valence-corrected chi connectivity index (χ1v) is 10.0. The number of alkyl halides is 3. The van der Waals surface area contributed by atoms with Crippen LogP contribution in [-0.2, 0) is 27.1 Å². The molecule has 1 aromatic rings. The molecule has 1 atom stereocenters. The number of rotatable bonds is 4. The van der Waals surface area contributed by atoms with E-state index in [-0.39, 0.29) is 43.4 Å². The largest absolute Gasteiger partial charge is 0.416 e. The average molecular weight is 425 g/mol. The molecule has 0 N–H and O–H groups in total. The molecule has 9 heteroatoms. The third-order valence-electron chi connectivity index (χ3n) is 5.93. The van der Waals surface area contributed by atoms with Gasteiger partial charge in [-0.05, 0) is 38.0 Å². The fourth-order valence-electron chi connectivity index (χ4n) is 4.19. The first-order valence-electron chi connectivity index (χ1n) is 10.0. The molecule has 2 aliphatic rings. The molecule has 0 aromatic heterocycles. The molecule has 2 saturated heterocycles. The van der Waals surface area contributed by atoms with Crippen molar-refractivity contribution >= 4 is 17.7 Å². The SMILES string of the molecule is CCC(=O)N1CCC2(C1)C(=O)N(C(C)C)CC(=O)N2Cc1ccc(C(F)(F)F)cc1. The summed E-state index contributed by atoms with van der Waals surface area (Å²) in [5.74, 6) is -0.576. The number of hydrogen-bond acceptors (Lipinski definition) is 3. The zero-order chi connectivity index (χ0) is 22.3. The van der Waals surface area contributed by atoms with Crippen LogP contribution in [0.2, 0.25) is 0 Å². The fourth-order valence-corrected chi connectivity index (χ4v) is 4.19. The van der Waals surface area contributed by atoms with E-state index >= 15 is 0 Å². The van der Waals surface area contributed by atoms with Gasteiger partial charge < -0.3 is 14.7 Å². The van der Waals surface area contributed by atoms with Crippen LogP contribution in [-0.4, -0.2) is 63.6 Å². The highest BCUT2D eigenvalue weighted by Gasteiger charge is 2.56. The summed E-state index contributed by atoms with van der Waals surface area (Å²) in [5.41, 5.74) is -1.46. The minimum Gasteiger partial charge on any atom is -0.340 e. The summed E-state index contributed by atoms with van der Waals surface area (Å²) in [5, 5.41) is 0. The van der Waals surface area contributed by atoms with Crippen molar-refractivity contribution in [3.8, 4) is 0 Å². The molecule has 30 heavy (non-hydrogen) atoms. The van der Waals surface area contributed by atoms with Gasteiger partial charge in [-0.15, -0.1) is 0 Å². The zero-order valence-electron chi connectivity index (χ0n) is 17.3. The maximum atomic E-state index is 13.4. The van der Waals surface area contributed by atoms with Crippen LogP contribution in [0.15, 0.2) is 24.3 Å². The van der Waals surface area contributed by atoms with E-state index in [0.717, 1.165) is 12.1 Å². The molecule has 2 fully saturated rings. The first kappa shape index (κ1) is 22.1. The van der Waals surface area contributed by atoms with Crippen molar-refractivity contribution in [1.29, 1.82) is 0 Å². The van der Waals surface area contributed by atoms with Crippen molar-refractivity contribution in [2.75, 3.05) is 19.6 Å². The maximum Gasteiger partial charge on any atom is 0.416 e. The predicted molar refractivity (Wildman–Crippen MR) is 103 cm³/mol. The van der Waals surface area contributed by atoms with Gasteiger partial charge in [0.1, 0.15) is 12.1 Å². The number of piperazine rings is 1. The zero-order valence-corrected chi connectivity index (χ0v) is 17.3.